The van der Waals surface area contributed by atoms with Crippen molar-refractivity contribution in [2.75, 3.05) is 4.90 Å². The summed E-state index contributed by atoms with van der Waals surface area (Å²) in [4.78, 5) is 2.44. The third-order valence-electron chi connectivity index (χ3n) is 18.1. The Morgan fingerprint density at radius 1 is 0.217 bits per heavy atom. The van der Waals surface area contributed by atoms with E-state index in [1.807, 2.05) is 0 Å². The highest BCUT2D eigenvalue weighted by molar-refractivity contribution is 5.98. The molecule has 0 fully saturated rings. The van der Waals surface area contributed by atoms with Crippen LogP contribution >= 0.6 is 0 Å². The summed E-state index contributed by atoms with van der Waals surface area (Å²) >= 11 is 0. The molecule has 4 aliphatic rings. The van der Waals surface area contributed by atoms with E-state index >= 15 is 0 Å². The Morgan fingerprint density at radius 3 is 1.13 bits per heavy atom. The molecule has 2 spiro atoms. The summed E-state index contributed by atoms with van der Waals surface area (Å²) in [7, 11) is 0. The van der Waals surface area contributed by atoms with Crippen LogP contribution < -0.4 is 14.4 Å². The van der Waals surface area contributed by atoms with Gasteiger partial charge >= 0.3 is 0 Å². The van der Waals surface area contributed by atoms with Gasteiger partial charge in [-0.3, -0.25) is 0 Å². The molecule has 17 rings (SSSR count). The van der Waals surface area contributed by atoms with E-state index in [9.17, 15) is 0 Å². The molecule has 0 bridgehead atoms. The first-order valence-corrected chi connectivity index (χ1v) is 28.6. The number of hydrogen-bond acceptors (Lipinski definition) is 3. The second-order valence-corrected chi connectivity index (χ2v) is 22.2. The SMILES string of the molecule is c1ccc(-c2ccc(-c3ccc(N(c4ccc(-c5cccc6c5-c5ccccc5C65c6ccccc6Oc6ccccc65)cc4)c4ccccc4-c4ccc5c(c4)C4(c6ccccc6Oc6ccccc64)c4ccccc4-5)cc3)cc2)cc1. The van der Waals surface area contributed by atoms with Crippen LogP contribution in [0.3, 0.4) is 0 Å². The van der Waals surface area contributed by atoms with Crippen molar-refractivity contribution >= 4 is 17.1 Å². The molecule has 0 saturated heterocycles. The van der Waals surface area contributed by atoms with Gasteiger partial charge in [0.25, 0.3) is 0 Å². The first kappa shape index (κ1) is 47.1. The summed E-state index contributed by atoms with van der Waals surface area (Å²) in [5.41, 5.74) is 26.0. The molecular weight excluding hydrogens is 1010 g/mol. The average Bonchev–Trinajstić information content (AvgIpc) is 1.95. The predicted octanol–water partition coefficient (Wildman–Crippen LogP) is 20.8. The van der Waals surface area contributed by atoms with Crippen molar-refractivity contribution in [3.63, 3.8) is 0 Å². The molecule has 13 aromatic rings. The Hall–Kier alpha value is -10.7. The maximum absolute atomic E-state index is 6.73. The molecule has 0 amide bonds. The predicted molar refractivity (Wildman–Crippen MR) is 338 cm³/mol. The van der Waals surface area contributed by atoms with Crippen LogP contribution in [0, 0.1) is 0 Å². The number of rotatable bonds is 7. The topological polar surface area (TPSA) is 21.7 Å². The zero-order valence-corrected chi connectivity index (χ0v) is 45.2. The molecule has 3 heteroatoms. The Bertz CT molecular complexity index is 4640. The van der Waals surface area contributed by atoms with Crippen LogP contribution in [0.4, 0.5) is 17.1 Å². The van der Waals surface area contributed by atoms with Crippen LogP contribution in [0.2, 0.25) is 0 Å². The lowest BCUT2D eigenvalue weighted by atomic mass is 9.66. The molecule has 83 heavy (non-hydrogen) atoms. The first-order chi connectivity index (χ1) is 41.2. The lowest BCUT2D eigenvalue weighted by Gasteiger charge is -2.39. The minimum Gasteiger partial charge on any atom is -0.457 e. The van der Waals surface area contributed by atoms with Crippen molar-refractivity contribution in [1.29, 1.82) is 0 Å². The fraction of sp³-hybridized carbons (Fsp3) is 0.0250. The molecular formula is C80H51NO2. The molecule has 2 heterocycles. The molecule has 0 saturated carbocycles. The zero-order chi connectivity index (χ0) is 54.6. The average molecular weight is 1060 g/mol. The van der Waals surface area contributed by atoms with Gasteiger partial charge in [0.05, 0.1) is 16.5 Å². The van der Waals surface area contributed by atoms with E-state index in [0.717, 1.165) is 84.6 Å². The zero-order valence-electron chi connectivity index (χ0n) is 45.2. The van der Waals surface area contributed by atoms with Gasteiger partial charge in [0.2, 0.25) is 0 Å². The van der Waals surface area contributed by atoms with E-state index < -0.39 is 10.8 Å². The van der Waals surface area contributed by atoms with Gasteiger partial charge in [0.1, 0.15) is 23.0 Å². The largest absolute Gasteiger partial charge is 0.457 e. The van der Waals surface area contributed by atoms with E-state index in [0.29, 0.717) is 0 Å². The molecule has 0 N–H and O–H groups in total. The fourth-order valence-corrected chi connectivity index (χ4v) is 14.6. The Balaban J connectivity index is 0.825. The summed E-state index contributed by atoms with van der Waals surface area (Å²) in [6.07, 6.45) is 0. The van der Waals surface area contributed by atoms with Gasteiger partial charge in [-0.05, 0) is 144 Å². The van der Waals surface area contributed by atoms with Gasteiger partial charge in [-0.25, -0.2) is 0 Å². The standard InChI is InChI=1S/C80H51NO2/c1-2-19-52(20-3-1)53-37-39-54(40-38-53)55-41-46-58(47-42-55)81(59-48-43-56(44-49-59)61-24-18-31-71-78(61)64-23-5-8-26-66(64)79(71)67-27-9-14-33-74(67)82-75-34-15-10-28-68(75)79)73-32-13-6-21-60(73)57-45-50-63-62-22-4-7-25-65(62)80(72(63)51-57)69-29-11-16-35-76(69)83-77-36-17-12-30-70(77)80/h1-51H. The summed E-state index contributed by atoms with van der Waals surface area (Å²) in [6, 6.07) is 113. The summed E-state index contributed by atoms with van der Waals surface area (Å²) in [5, 5.41) is 0. The molecule has 0 radical (unpaired) electrons. The quantitative estimate of drug-likeness (QED) is 0.159. The number of ether oxygens (including phenoxy) is 2. The van der Waals surface area contributed by atoms with E-state index in [4.69, 9.17) is 9.47 Å². The van der Waals surface area contributed by atoms with Crippen LogP contribution in [0.5, 0.6) is 23.0 Å². The van der Waals surface area contributed by atoms with Crippen molar-refractivity contribution in [3.05, 3.63) is 354 Å². The minimum absolute atomic E-state index is 0.554. The van der Waals surface area contributed by atoms with Crippen molar-refractivity contribution < 1.29 is 9.47 Å². The van der Waals surface area contributed by atoms with Crippen LogP contribution in [-0.4, -0.2) is 0 Å². The Kier molecular flexibility index (Phi) is 10.4. The second kappa shape index (κ2) is 18.4. The maximum atomic E-state index is 6.73. The molecule has 13 aromatic carbocycles. The van der Waals surface area contributed by atoms with Crippen LogP contribution in [0.25, 0.3) is 66.8 Å². The smallest absolute Gasteiger partial charge is 0.132 e. The highest BCUT2D eigenvalue weighted by Gasteiger charge is 2.53. The summed E-state index contributed by atoms with van der Waals surface area (Å²) in [6.45, 7) is 0. The fourth-order valence-electron chi connectivity index (χ4n) is 14.6. The van der Waals surface area contributed by atoms with Gasteiger partial charge in [-0.2, -0.15) is 0 Å². The molecule has 2 aliphatic heterocycles. The third kappa shape index (κ3) is 6.86. The monoisotopic (exact) mass is 1060 g/mol. The van der Waals surface area contributed by atoms with E-state index in [1.54, 1.807) is 0 Å². The molecule has 3 nitrogen and oxygen atoms in total. The molecule has 2 aliphatic carbocycles. The van der Waals surface area contributed by atoms with Gasteiger partial charge in [-0.1, -0.05) is 249 Å². The number of anilines is 3. The molecule has 0 aromatic heterocycles. The lowest BCUT2D eigenvalue weighted by Crippen LogP contribution is -2.32. The number of benzene rings is 13. The van der Waals surface area contributed by atoms with Gasteiger partial charge in [0.15, 0.2) is 0 Å². The number of fused-ring (bicyclic) bond motifs is 18. The molecule has 388 valence electrons. The van der Waals surface area contributed by atoms with E-state index in [2.05, 4.69) is 314 Å². The number of hydrogen-bond donors (Lipinski definition) is 0. The normalized spacial score (nSPS) is 13.7. The van der Waals surface area contributed by atoms with Crippen LogP contribution in [0.1, 0.15) is 44.5 Å². The van der Waals surface area contributed by atoms with Crippen LogP contribution in [-0.2, 0) is 10.8 Å². The molecule has 0 atom stereocenters. The van der Waals surface area contributed by atoms with E-state index in [1.165, 1.54) is 66.8 Å². The highest BCUT2D eigenvalue weighted by Crippen LogP contribution is 2.65. The maximum Gasteiger partial charge on any atom is 0.132 e. The van der Waals surface area contributed by atoms with Crippen LogP contribution in [0.15, 0.2) is 309 Å². The minimum atomic E-state index is -0.595. The van der Waals surface area contributed by atoms with Gasteiger partial charge < -0.3 is 14.4 Å². The van der Waals surface area contributed by atoms with Crippen molar-refractivity contribution in [2.45, 2.75) is 10.8 Å². The van der Waals surface area contributed by atoms with Crippen molar-refractivity contribution in [3.8, 4) is 89.8 Å². The summed E-state index contributed by atoms with van der Waals surface area (Å²) < 4.78 is 13.4. The third-order valence-corrected chi connectivity index (χ3v) is 18.1. The van der Waals surface area contributed by atoms with Crippen molar-refractivity contribution in [1.82, 2.24) is 0 Å². The Labute approximate surface area is 483 Å². The van der Waals surface area contributed by atoms with Gasteiger partial charge in [0, 0.05) is 39.2 Å². The molecule has 0 unspecified atom stereocenters. The second-order valence-electron chi connectivity index (χ2n) is 22.2. The van der Waals surface area contributed by atoms with Crippen molar-refractivity contribution in [2.24, 2.45) is 0 Å². The highest BCUT2D eigenvalue weighted by atomic mass is 16.5. The Morgan fingerprint density at radius 2 is 0.578 bits per heavy atom. The lowest BCUT2D eigenvalue weighted by molar-refractivity contribution is 0.436. The summed E-state index contributed by atoms with van der Waals surface area (Å²) in [5.74, 6) is 3.55. The number of nitrogens with zero attached hydrogens (tertiary/aromatic N) is 1. The first-order valence-electron chi connectivity index (χ1n) is 28.6. The van der Waals surface area contributed by atoms with E-state index in [-0.39, 0.29) is 0 Å². The number of para-hydroxylation sites is 5. The van der Waals surface area contributed by atoms with Gasteiger partial charge in [-0.15, -0.1) is 0 Å².